The summed E-state index contributed by atoms with van der Waals surface area (Å²) >= 11 is 0. The van der Waals surface area contributed by atoms with Crippen LogP contribution in [-0.2, 0) is 4.74 Å². The fourth-order valence-electron chi connectivity index (χ4n) is 2.59. The minimum Gasteiger partial charge on any atom is -0.478 e. The fourth-order valence-corrected chi connectivity index (χ4v) is 2.59. The van der Waals surface area contributed by atoms with Crippen molar-refractivity contribution in [3.05, 3.63) is 29.3 Å². The molecule has 5 nitrogen and oxygen atoms in total. The molecule has 1 heterocycles. The number of aromatic carboxylic acids is 1. The smallest absolute Gasteiger partial charge is 0.335 e. The maximum Gasteiger partial charge on any atom is 0.335 e. The van der Waals surface area contributed by atoms with Crippen LogP contribution in [0.3, 0.4) is 0 Å². The van der Waals surface area contributed by atoms with E-state index in [2.05, 4.69) is 17.9 Å². The molecule has 2 rings (SSSR count). The highest BCUT2D eigenvalue weighted by Gasteiger charge is 2.27. The van der Waals surface area contributed by atoms with Crippen LogP contribution in [0.5, 0.6) is 0 Å². The summed E-state index contributed by atoms with van der Waals surface area (Å²) in [5.74, 6) is -0.532. The zero-order chi connectivity index (χ0) is 14.7. The summed E-state index contributed by atoms with van der Waals surface area (Å²) in [7, 11) is 1.70. The van der Waals surface area contributed by atoms with Gasteiger partial charge in [-0.05, 0) is 30.5 Å². The topological polar surface area (TPSA) is 73.6 Å². The van der Waals surface area contributed by atoms with Crippen LogP contribution in [0.15, 0.2) is 18.2 Å². The standard InChI is InChI=1S/C15H18N2O3/c1-10-5-6-17(9-14(10)20-2)13-4-3-11(15(18)19)7-12(13)8-16/h3-4,7,10,14H,5-6,9H2,1-2H3,(H,18,19). The van der Waals surface area contributed by atoms with Crippen molar-refractivity contribution in [2.45, 2.75) is 19.4 Å². The third-order valence-corrected chi connectivity index (χ3v) is 3.90. The van der Waals surface area contributed by atoms with Crippen molar-refractivity contribution in [3.63, 3.8) is 0 Å². The third-order valence-electron chi connectivity index (χ3n) is 3.90. The van der Waals surface area contributed by atoms with Gasteiger partial charge >= 0.3 is 5.97 Å². The first-order valence-electron chi connectivity index (χ1n) is 6.62. The summed E-state index contributed by atoms with van der Waals surface area (Å²) < 4.78 is 5.47. The number of nitrogens with zero attached hydrogens (tertiary/aromatic N) is 2. The van der Waals surface area contributed by atoms with Gasteiger partial charge in [-0.3, -0.25) is 0 Å². The minimum absolute atomic E-state index is 0.134. The molecule has 2 atom stereocenters. The number of hydrogen-bond donors (Lipinski definition) is 1. The molecule has 1 N–H and O–H groups in total. The predicted octanol–water partition coefficient (Wildman–Crippen LogP) is 2.12. The quantitative estimate of drug-likeness (QED) is 0.913. The van der Waals surface area contributed by atoms with E-state index in [-0.39, 0.29) is 11.7 Å². The molecule has 2 unspecified atom stereocenters. The van der Waals surface area contributed by atoms with Crippen molar-refractivity contribution in [3.8, 4) is 6.07 Å². The number of carboxylic acid groups (broad SMARTS) is 1. The second-order valence-electron chi connectivity index (χ2n) is 5.14. The second kappa shape index (κ2) is 5.93. The normalized spacial score (nSPS) is 22.4. The van der Waals surface area contributed by atoms with Gasteiger partial charge in [-0.25, -0.2) is 4.79 Å². The first-order valence-corrected chi connectivity index (χ1v) is 6.62. The summed E-state index contributed by atoms with van der Waals surface area (Å²) in [4.78, 5) is 13.1. The largest absolute Gasteiger partial charge is 0.478 e. The van der Waals surface area contributed by atoms with Crippen molar-refractivity contribution in [1.29, 1.82) is 5.26 Å². The van der Waals surface area contributed by atoms with Crippen LogP contribution in [-0.4, -0.2) is 37.4 Å². The van der Waals surface area contributed by atoms with E-state index in [9.17, 15) is 10.1 Å². The van der Waals surface area contributed by atoms with E-state index in [0.29, 0.717) is 11.5 Å². The average Bonchev–Trinajstić information content (AvgIpc) is 2.47. The monoisotopic (exact) mass is 274 g/mol. The Bertz CT molecular complexity index is 551. The number of carbonyl (C=O) groups is 1. The summed E-state index contributed by atoms with van der Waals surface area (Å²) in [5, 5.41) is 18.2. The summed E-state index contributed by atoms with van der Waals surface area (Å²) in [6.07, 6.45) is 1.12. The van der Waals surface area contributed by atoms with Gasteiger partial charge in [0.15, 0.2) is 0 Å². The van der Waals surface area contributed by atoms with Gasteiger partial charge in [-0.15, -0.1) is 0 Å². The molecule has 1 fully saturated rings. The number of piperidine rings is 1. The summed E-state index contributed by atoms with van der Waals surface area (Å²) in [6.45, 7) is 3.73. The van der Waals surface area contributed by atoms with Crippen molar-refractivity contribution >= 4 is 11.7 Å². The number of ether oxygens (including phenoxy) is 1. The van der Waals surface area contributed by atoms with Gasteiger partial charge in [0.25, 0.3) is 0 Å². The Morgan fingerprint density at radius 3 is 2.90 bits per heavy atom. The van der Waals surface area contributed by atoms with Crippen molar-refractivity contribution in [2.24, 2.45) is 5.92 Å². The van der Waals surface area contributed by atoms with E-state index in [4.69, 9.17) is 9.84 Å². The van der Waals surface area contributed by atoms with Gasteiger partial charge < -0.3 is 14.7 Å². The van der Waals surface area contributed by atoms with E-state index in [0.717, 1.165) is 25.2 Å². The number of benzene rings is 1. The zero-order valence-electron chi connectivity index (χ0n) is 11.7. The number of methoxy groups -OCH3 is 1. The maximum absolute atomic E-state index is 11.0. The first kappa shape index (κ1) is 14.4. The third kappa shape index (κ3) is 2.75. The number of rotatable bonds is 3. The Morgan fingerprint density at radius 1 is 1.55 bits per heavy atom. The SMILES string of the molecule is COC1CN(c2ccc(C(=O)O)cc2C#N)CCC1C. The number of anilines is 1. The molecule has 0 spiro atoms. The van der Waals surface area contributed by atoms with Crippen LogP contribution >= 0.6 is 0 Å². The number of hydrogen-bond acceptors (Lipinski definition) is 4. The first-order chi connectivity index (χ1) is 9.56. The van der Waals surface area contributed by atoms with Crippen molar-refractivity contribution in [2.75, 3.05) is 25.1 Å². The lowest BCUT2D eigenvalue weighted by Crippen LogP contribution is -2.44. The second-order valence-corrected chi connectivity index (χ2v) is 5.14. The van der Waals surface area contributed by atoms with Crippen LogP contribution in [0.25, 0.3) is 0 Å². The molecular weight excluding hydrogens is 256 g/mol. The average molecular weight is 274 g/mol. The fraction of sp³-hybridized carbons (Fsp3) is 0.467. The zero-order valence-corrected chi connectivity index (χ0v) is 11.7. The summed E-state index contributed by atoms with van der Waals surface area (Å²) in [6, 6.07) is 6.77. The van der Waals surface area contributed by atoms with Gasteiger partial charge in [0.1, 0.15) is 6.07 Å². The molecule has 1 aliphatic rings. The van der Waals surface area contributed by atoms with E-state index in [1.165, 1.54) is 6.07 Å². The molecule has 0 aromatic heterocycles. The summed E-state index contributed by atoms with van der Waals surface area (Å²) in [5.41, 5.74) is 1.32. The van der Waals surface area contributed by atoms with Crippen LogP contribution in [0, 0.1) is 17.2 Å². The molecule has 0 saturated carbocycles. The Kier molecular flexibility index (Phi) is 4.26. The minimum atomic E-state index is -1.02. The molecule has 1 aromatic carbocycles. The van der Waals surface area contributed by atoms with Gasteiger partial charge in [-0.1, -0.05) is 6.92 Å². The van der Waals surface area contributed by atoms with Gasteiger partial charge in [0.2, 0.25) is 0 Å². The van der Waals surface area contributed by atoms with Gasteiger partial charge in [-0.2, -0.15) is 5.26 Å². The molecule has 106 valence electrons. The highest BCUT2D eigenvalue weighted by Crippen LogP contribution is 2.28. The van der Waals surface area contributed by atoms with Gasteiger partial charge in [0.05, 0.1) is 22.9 Å². The Hall–Kier alpha value is -2.06. The molecule has 20 heavy (non-hydrogen) atoms. The molecule has 0 amide bonds. The molecule has 1 saturated heterocycles. The number of carboxylic acids is 1. The van der Waals surface area contributed by atoms with Crippen LogP contribution in [0.4, 0.5) is 5.69 Å². The van der Waals surface area contributed by atoms with Crippen molar-refractivity contribution in [1.82, 2.24) is 0 Å². The number of nitriles is 1. The van der Waals surface area contributed by atoms with Crippen LogP contribution in [0.2, 0.25) is 0 Å². The molecule has 5 heteroatoms. The van der Waals surface area contributed by atoms with Crippen LogP contribution < -0.4 is 4.90 Å². The highest BCUT2D eigenvalue weighted by atomic mass is 16.5. The molecular formula is C15H18N2O3. The molecule has 0 aliphatic carbocycles. The van der Waals surface area contributed by atoms with E-state index >= 15 is 0 Å². The van der Waals surface area contributed by atoms with E-state index in [1.54, 1.807) is 19.2 Å². The Labute approximate surface area is 118 Å². The predicted molar refractivity (Wildman–Crippen MR) is 74.9 cm³/mol. The Morgan fingerprint density at radius 2 is 2.30 bits per heavy atom. The van der Waals surface area contributed by atoms with Crippen molar-refractivity contribution < 1.29 is 14.6 Å². The lowest BCUT2D eigenvalue weighted by atomic mass is 9.94. The molecule has 0 bridgehead atoms. The highest BCUT2D eigenvalue weighted by molar-refractivity contribution is 5.89. The molecule has 1 aromatic rings. The maximum atomic E-state index is 11.0. The van der Waals surface area contributed by atoms with Crippen LogP contribution in [0.1, 0.15) is 29.3 Å². The van der Waals surface area contributed by atoms with E-state index in [1.807, 2.05) is 0 Å². The molecule has 1 aliphatic heterocycles. The molecule has 0 radical (unpaired) electrons. The lowest BCUT2D eigenvalue weighted by Gasteiger charge is -2.38. The lowest BCUT2D eigenvalue weighted by molar-refractivity contribution is 0.0498. The van der Waals surface area contributed by atoms with Gasteiger partial charge in [0, 0.05) is 20.2 Å². The Balaban J connectivity index is 2.29. The van der Waals surface area contributed by atoms with E-state index < -0.39 is 5.97 Å².